The molecule has 0 saturated heterocycles. The Morgan fingerprint density at radius 1 is 1.73 bits per heavy atom. The summed E-state index contributed by atoms with van der Waals surface area (Å²) in [5.41, 5.74) is 0.835. The molecule has 0 N–H and O–H groups in total. The molecule has 0 fully saturated rings. The van der Waals surface area contributed by atoms with Gasteiger partial charge in [0.15, 0.2) is 3.92 Å². The second-order valence-corrected chi connectivity index (χ2v) is 3.60. The van der Waals surface area contributed by atoms with Crippen molar-refractivity contribution in [2.24, 2.45) is 0 Å². The lowest BCUT2D eigenvalue weighted by atomic mass is 10.4. The zero-order valence-electron chi connectivity index (χ0n) is 6.50. The average Bonchev–Trinajstić information content (AvgIpc) is 2.41. The zero-order chi connectivity index (χ0) is 8.69. The van der Waals surface area contributed by atoms with E-state index >= 15 is 0 Å². The van der Waals surface area contributed by atoms with Crippen LogP contribution in [0.5, 0.6) is 0 Å². The molecule has 0 spiro atoms. The Balaban J connectivity index is 0.000000461. The number of nitrogens with zero attached hydrogens (tertiary/aromatic N) is 1. The van der Waals surface area contributed by atoms with E-state index in [4.69, 9.17) is 0 Å². The van der Waals surface area contributed by atoms with Gasteiger partial charge in [-0.1, -0.05) is 13.8 Å². The molecule has 1 rings (SSSR count). The maximum Gasteiger partial charge on any atom is 0.159 e. The van der Waals surface area contributed by atoms with Gasteiger partial charge < -0.3 is 4.79 Å². The second kappa shape index (κ2) is 6.49. The zero-order valence-corrected chi connectivity index (χ0v) is 8.91. The molecule has 0 aliphatic rings. The molecule has 0 bridgehead atoms. The van der Waals surface area contributed by atoms with Crippen molar-refractivity contribution in [1.82, 2.24) is 4.98 Å². The summed E-state index contributed by atoms with van der Waals surface area (Å²) in [5.74, 6) is 0. The van der Waals surface area contributed by atoms with Crippen molar-refractivity contribution in [1.29, 1.82) is 0 Å². The minimum atomic E-state index is 0.419. The van der Waals surface area contributed by atoms with Crippen LogP contribution in [0.1, 0.15) is 19.5 Å². The number of hydrogen-bond donors (Lipinski definition) is 0. The van der Waals surface area contributed by atoms with Crippen LogP contribution in [-0.2, 0) is 11.2 Å². The molecule has 0 atom stereocenters. The van der Waals surface area contributed by atoms with Gasteiger partial charge in [-0.15, -0.1) is 11.3 Å². The van der Waals surface area contributed by atoms with E-state index in [9.17, 15) is 4.79 Å². The summed E-state index contributed by atoms with van der Waals surface area (Å²) < 4.78 is 0.833. The van der Waals surface area contributed by atoms with Crippen LogP contribution < -0.4 is 0 Å². The Labute approximate surface area is 78.8 Å². The number of aldehydes is 1. The third-order valence-corrected chi connectivity index (χ3v) is 2.23. The number of thiazole rings is 1. The molecule has 2 nitrogen and oxygen atoms in total. The topological polar surface area (TPSA) is 30.0 Å². The first kappa shape index (κ1) is 10.8. The molecule has 1 heterocycles. The molecular weight excluding hydrogens is 226 g/mol. The van der Waals surface area contributed by atoms with E-state index < -0.39 is 0 Å². The monoisotopic (exact) mass is 235 g/mol. The van der Waals surface area contributed by atoms with Crippen LogP contribution in [0.3, 0.4) is 0 Å². The van der Waals surface area contributed by atoms with E-state index in [1.807, 2.05) is 19.2 Å². The van der Waals surface area contributed by atoms with E-state index in [0.717, 1.165) is 15.9 Å². The molecule has 11 heavy (non-hydrogen) atoms. The summed E-state index contributed by atoms with van der Waals surface area (Å²) in [7, 11) is 0. The quantitative estimate of drug-likeness (QED) is 0.739. The first-order chi connectivity index (χ1) is 5.33. The molecule has 0 unspecified atom stereocenters. The van der Waals surface area contributed by atoms with Gasteiger partial charge in [0, 0.05) is 11.8 Å². The Morgan fingerprint density at radius 3 is 2.73 bits per heavy atom. The SMILES string of the molecule is CC.O=CCc1csc(Br)n1. The van der Waals surface area contributed by atoms with Gasteiger partial charge in [-0.25, -0.2) is 4.98 Å². The van der Waals surface area contributed by atoms with Crippen LogP contribution in [0.15, 0.2) is 9.30 Å². The van der Waals surface area contributed by atoms with Crippen LogP contribution in [-0.4, -0.2) is 11.3 Å². The van der Waals surface area contributed by atoms with Crippen LogP contribution in [0, 0.1) is 0 Å². The van der Waals surface area contributed by atoms with Gasteiger partial charge in [0.05, 0.1) is 5.69 Å². The van der Waals surface area contributed by atoms with Gasteiger partial charge in [-0.05, 0) is 15.9 Å². The lowest BCUT2D eigenvalue weighted by molar-refractivity contribution is -0.107. The fraction of sp³-hybridized carbons (Fsp3) is 0.429. The number of aromatic nitrogens is 1. The standard InChI is InChI=1S/C5H4BrNOS.C2H6/c6-5-7-4(1-2-8)3-9-5;1-2/h2-3H,1H2;1-2H3. The highest BCUT2D eigenvalue weighted by Crippen LogP contribution is 2.15. The molecular formula is C7H10BrNOS. The fourth-order valence-corrected chi connectivity index (χ4v) is 1.52. The molecule has 4 heteroatoms. The first-order valence-corrected chi connectivity index (χ1v) is 5.03. The Hall–Kier alpha value is -0.220. The highest BCUT2D eigenvalue weighted by atomic mass is 79.9. The third kappa shape index (κ3) is 4.27. The van der Waals surface area contributed by atoms with Crippen LogP contribution >= 0.6 is 27.3 Å². The van der Waals surface area contributed by atoms with Gasteiger partial charge in [0.25, 0.3) is 0 Å². The molecule has 0 amide bonds. The number of carbonyl (C=O) groups is 1. The summed E-state index contributed by atoms with van der Waals surface area (Å²) in [6.07, 6.45) is 1.27. The van der Waals surface area contributed by atoms with Gasteiger partial charge >= 0.3 is 0 Å². The lowest BCUT2D eigenvalue weighted by Gasteiger charge is -1.78. The highest BCUT2D eigenvalue weighted by Gasteiger charge is 1.95. The Morgan fingerprint density at radius 2 is 2.36 bits per heavy atom. The number of carbonyl (C=O) groups excluding carboxylic acids is 1. The average molecular weight is 236 g/mol. The molecule has 0 aromatic carbocycles. The maximum atomic E-state index is 9.93. The van der Waals surface area contributed by atoms with E-state index in [1.165, 1.54) is 11.3 Å². The van der Waals surface area contributed by atoms with Gasteiger partial charge in [-0.3, -0.25) is 0 Å². The summed E-state index contributed by atoms with van der Waals surface area (Å²) in [5, 5.41) is 1.86. The molecule has 1 aromatic heterocycles. The largest absolute Gasteiger partial charge is 0.303 e. The fourth-order valence-electron chi connectivity index (χ4n) is 0.461. The van der Waals surface area contributed by atoms with E-state index in [2.05, 4.69) is 20.9 Å². The molecule has 1 aromatic rings. The molecule has 0 aliphatic heterocycles. The van der Waals surface area contributed by atoms with Crippen LogP contribution in [0.2, 0.25) is 0 Å². The van der Waals surface area contributed by atoms with E-state index in [1.54, 1.807) is 0 Å². The normalized spacial score (nSPS) is 8.27. The summed E-state index contributed by atoms with van der Waals surface area (Å²) in [4.78, 5) is 13.9. The predicted molar refractivity (Wildman–Crippen MR) is 50.9 cm³/mol. The van der Waals surface area contributed by atoms with Crippen molar-refractivity contribution in [2.45, 2.75) is 20.3 Å². The van der Waals surface area contributed by atoms with Crippen molar-refractivity contribution in [3.8, 4) is 0 Å². The number of rotatable bonds is 2. The highest BCUT2D eigenvalue weighted by molar-refractivity contribution is 9.11. The Kier molecular flexibility index (Phi) is 6.36. The number of hydrogen-bond acceptors (Lipinski definition) is 3. The minimum Gasteiger partial charge on any atom is -0.303 e. The van der Waals surface area contributed by atoms with Crippen molar-refractivity contribution in [3.63, 3.8) is 0 Å². The second-order valence-electron chi connectivity index (χ2n) is 1.46. The van der Waals surface area contributed by atoms with E-state index in [-0.39, 0.29) is 0 Å². The van der Waals surface area contributed by atoms with Gasteiger partial charge in [0.2, 0.25) is 0 Å². The van der Waals surface area contributed by atoms with E-state index in [0.29, 0.717) is 6.42 Å². The molecule has 62 valence electrons. The van der Waals surface area contributed by atoms with Crippen molar-refractivity contribution in [3.05, 3.63) is 15.0 Å². The van der Waals surface area contributed by atoms with Gasteiger partial charge in [0.1, 0.15) is 6.29 Å². The molecule has 0 radical (unpaired) electrons. The number of halogens is 1. The summed E-state index contributed by atoms with van der Waals surface area (Å²) in [6.45, 7) is 4.00. The summed E-state index contributed by atoms with van der Waals surface area (Å²) >= 11 is 4.68. The molecule has 0 saturated carbocycles. The smallest absolute Gasteiger partial charge is 0.159 e. The predicted octanol–water partition coefficient (Wildman–Crippen LogP) is 2.67. The third-order valence-electron chi connectivity index (χ3n) is 0.816. The lowest BCUT2D eigenvalue weighted by Crippen LogP contribution is -1.83. The summed E-state index contributed by atoms with van der Waals surface area (Å²) in [6, 6.07) is 0. The molecule has 0 aliphatic carbocycles. The Bertz CT molecular complexity index is 212. The van der Waals surface area contributed by atoms with Crippen molar-refractivity contribution >= 4 is 33.6 Å². The van der Waals surface area contributed by atoms with Crippen molar-refractivity contribution in [2.75, 3.05) is 0 Å². The maximum absolute atomic E-state index is 9.93. The first-order valence-electron chi connectivity index (χ1n) is 3.36. The van der Waals surface area contributed by atoms with Crippen LogP contribution in [0.25, 0.3) is 0 Å². The minimum absolute atomic E-state index is 0.419. The van der Waals surface area contributed by atoms with Gasteiger partial charge in [-0.2, -0.15) is 0 Å². The van der Waals surface area contributed by atoms with Crippen LogP contribution in [0.4, 0.5) is 0 Å². The van der Waals surface area contributed by atoms with Crippen molar-refractivity contribution < 1.29 is 4.79 Å².